The summed E-state index contributed by atoms with van der Waals surface area (Å²) in [5, 5.41) is 0. The zero-order chi connectivity index (χ0) is 7.73. The van der Waals surface area contributed by atoms with Crippen molar-refractivity contribution < 1.29 is 4.74 Å². The lowest BCUT2D eigenvalue weighted by molar-refractivity contribution is 0.00165. The normalized spacial score (nSPS) is 40.1. The second-order valence-electron chi connectivity index (χ2n) is 3.75. The second-order valence-corrected chi connectivity index (χ2v) is 5.12. The van der Waals surface area contributed by atoms with E-state index in [1.807, 2.05) is 0 Å². The molecule has 2 aliphatic rings. The molecule has 2 fully saturated rings. The highest BCUT2D eigenvalue weighted by Crippen LogP contribution is 2.38. The van der Waals surface area contributed by atoms with Crippen molar-refractivity contribution in [2.45, 2.75) is 19.3 Å². The average Bonchev–Trinajstić information content (AvgIpc) is 2.34. The van der Waals surface area contributed by atoms with Crippen LogP contribution in [0.1, 0.15) is 19.3 Å². The molecule has 0 radical (unpaired) electrons. The zero-order valence-corrected chi connectivity index (χ0v) is 8.84. The van der Waals surface area contributed by atoms with E-state index in [0.29, 0.717) is 5.41 Å². The van der Waals surface area contributed by atoms with E-state index >= 15 is 0 Å². The second kappa shape index (κ2) is 3.18. The molecule has 0 aromatic rings. The van der Waals surface area contributed by atoms with Crippen LogP contribution in [-0.2, 0) is 4.74 Å². The zero-order valence-electron chi connectivity index (χ0n) is 6.68. The summed E-state index contributed by atoms with van der Waals surface area (Å²) in [6.07, 6.45) is 3.99. The molecule has 0 bridgehead atoms. The van der Waals surface area contributed by atoms with E-state index in [-0.39, 0.29) is 0 Å². The maximum atomic E-state index is 5.53. The lowest BCUT2D eigenvalue weighted by Gasteiger charge is -2.32. The molecule has 0 amide bonds. The van der Waals surface area contributed by atoms with Crippen molar-refractivity contribution in [3.05, 3.63) is 0 Å². The van der Waals surface area contributed by atoms with Crippen molar-refractivity contribution in [3.8, 4) is 0 Å². The maximum absolute atomic E-state index is 5.53. The molecular formula is C8H14INO. The molecular weight excluding hydrogens is 253 g/mol. The number of hydrogen-bond donors (Lipinski definition) is 0. The van der Waals surface area contributed by atoms with Crippen molar-refractivity contribution in [2.75, 3.05) is 26.3 Å². The first kappa shape index (κ1) is 8.26. The summed E-state index contributed by atoms with van der Waals surface area (Å²) in [5.41, 5.74) is 0.541. The molecule has 0 aromatic heterocycles. The van der Waals surface area contributed by atoms with Crippen LogP contribution >= 0.6 is 22.9 Å². The first-order valence-electron chi connectivity index (χ1n) is 4.29. The van der Waals surface area contributed by atoms with Crippen molar-refractivity contribution in [1.82, 2.24) is 3.11 Å². The Kier molecular flexibility index (Phi) is 2.39. The predicted molar refractivity (Wildman–Crippen MR) is 52.7 cm³/mol. The van der Waals surface area contributed by atoms with Gasteiger partial charge in [-0.1, -0.05) is 0 Å². The van der Waals surface area contributed by atoms with Crippen LogP contribution in [-0.4, -0.2) is 29.4 Å². The van der Waals surface area contributed by atoms with E-state index in [1.54, 1.807) is 0 Å². The maximum Gasteiger partial charge on any atom is 0.0535 e. The summed E-state index contributed by atoms with van der Waals surface area (Å²) in [7, 11) is 0. The van der Waals surface area contributed by atoms with Gasteiger partial charge in [-0.25, -0.2) is 3.11 Å². The standard InChI is InChI=1S/C8H14INO/c9-10-4-3-8(6-10)2-1-5-11-7-8/h1-7H2. The predicted octanol–water partition coefficient (Wildman–Crippen LogP) is 1.84. The fraction of sp³-hybridized carbons (Fsp3) is 1.00. The Morgan fingerprint density at radius 2 is 2.27 bits per heavy atom. The van der Waals surface area contributed by atoms with Crippen LogP contribution in [0.15, 0.2) is 0 Å². The summed E-state index contributed by atoms with van der Waals surface area (Å²) in [6.45, 7) is 4.49. The Morgan fingerprint density at radius 1 is 1.36 bits per heavy atom. The molecule has 1 spiro atoms. The fourth-order valence-corrected chi connectivity index (χ4v) is 3.08. The van der Waals surface area contributed by atoms with Crippen molar-refractivity contribution in [1.29, 1.82) is 0 Å². The lowest BCUT2D eigenvalue weighted by Crippen LogP contribution is -2.33. The molecule has 2 rings (SSSR count). The molecule has 0 N–H and O–H groups in total. The summed E-state index contributed by atoms with van der Waals surface area (Å²) in [6, 6.07) is 0. The number of halogens is 1. The van der Waals surface area contributed by atoms with Crippen LogP contribution in [0.2, 0.25) is 0 Å². The van der Waals surface area contributed by atoms with Gasteiger partial charge in [0.2, 0.25) is 0 Å². The van der Waals surface area contributed by atoms with Gasteiger partial charge < -0.3 is 4.74 Å². The average molecular weight is 267 g/mol. The molecule has 0 aliphatic carbocycles. The molecule has 2 saturated heterocycles. The Bertz CT molecular complexity index is 140. The van der Waals surface area contributed by atoms with Gasteiger partial charge in [-0.3, -0.25) is 0 Å². The van der Waals surface area contributed by atoms with Crippen molar-refractivity contribution in [2.24, 2.45) is 5.41 Å². The lowest BCUT2D eigenvalue weighted by atomic mass is 9.82. The van der Waals surface area contributed by atoms with Crippen molar-refractivity contribution in [3.63, 3.8) is 0 Å². The van der Waals surface area contributed by atoms with Gasteiger partial charge in [0, 0.05) is 48.0 Å². The largest absolute Gasteiger partial charge is 0.381 e. The van der Waals surface area contributed by atoms with Crippen molar-refractivity contribution >= 4 is 22.9 Å². The van der Waals surface area contributed by atoms with Gasteiger partial charge in [0.15, 0.2) is 0 Å². The molecule has 1 unspecified atom stereocenters. The molecule has 2 nitrogen and oxygen atoms in total. The number of hydrogen-bond acceptors (Lipinski definition) is 2. The van der Waals surface area contributed by atoms with Gasteiger partial charge in [-0.05, 0) is 19.3 Å². The number of nitrogens with zero attached hydrogens (tertiary/aromatic N) is 1. The molecule has 64 valence electrons. The van der Waals surface area contributed by atoms with Crippen LogP contribution < -0.4 is 0 Å². The highest BCUT2D eigenvalue weighted by molar-refractivity contribution is 14.1. The number of ether oxygens (including phenoxy) is 1. The highest BCUT2D eigenvalue weighted by Gasteiger charge is 2.38. The molecule has 0 saturated carbocycles. The van der Waals surface area contributed by atoms with Gasteiger partial charge in [-0.2, -0.15) is 0 Å². The van der Waals surface area contributed by atoms with E-state index < -0.39 is 0 Å². The highest BCUT2D eigenvalue weighted by atomic mass is 127. The van der Waals surface area contributed by atoms with E-state index in [9.17, 15) is 0 Å². The van der Waals surface area contributed by atoms with Gasteiger partial charge in [0.05, 0.1) is 6.61 Å². The minimum atomic E-state index is 0.541. The molecule has 2 heterocycles. The van der Waals surface area contributed by atoms with E-state index in [1.165, 1.54) is 32.4 Å². The van der Waals surface area contributed by atoms with Gasteiger partial charge in [-0.15, -0.1) is 0 Å². The van der Waals surface area contributed by atoms with Crippen LogP contribution in [0.3, 0.4) is 0 Å². The molecule has 11 heavy (non-hydrogen) atoms. The van der Waals surface area contributed by atoms with Crippen LogP contribution in [0, 0.1) is 5.41 Å². The van der Waals surface area contributed by atoms with E-state index in [4.69, 9.17) is 4.74 Å². The van der Waals surface area contributed by atoms with Crippen LogP contribution in [0.25, 0.3) is 0 Å². The topological polar surface area (TPSA) is 12.5 Å². The summed E-state index contributed by atoms with van der Waals surface area (Å²) < 4.78 is 7.92. The molecule has 1 atom stereocenters. The third kappa shape index (κ3) is 1.70. The minimum absolute atomic E-state index is 0.541. The fourth-order valence-electron chi connectivity index (χ4n) is 2.11. The number of rotatable bonds is 0. The van der Waals surface area contributed by atoms with Crippen LogP contribution in [0.4, 0.5) is 0 Å². The van der Waals surface area contributed by atoms with E-state index in [2.05, 4.69) is 26.0 Å². The summed E-state index contributed by atoms with van der Waals surface area (Å²) in [5.74, 6) is 0. The van der Waals surface area contributed by atoms with Crippen LogP contribution in [0.5, 0.6) is 0 Å². The Labute approximate surface area is 81.8 Å². The Hall–Kier alpha value is 0.650. The van der Waals surface area contributed by atoms with E-state index in [0.717, 1.165) is 13.2 Å². The first-order chi connectivity index (χ1) is 5.31. The Morgan fingerprint density at radius 3 is 2.82 bits per heavy atom. The monoisotopic (exact) mass is 267 g/mol. The third-order valence-electron chi connectivity index (χ3n) is 2.80. The summed E-state index contributed by atoms with van der Waals surface area (Å²) in [4.78, 5) is 0. The molecule has 0 aromatic carbocycles. The van der Waals surface area contributed by atoms with Gasteiger partial charge >= 0.3 is 0 Å². The quantitative estimate of drug-likeness (QED) is 0.490. The SMILES string of the molecule is IN1CCC2(CCCOC2)C1. The molecule has 3 heteroatoms. The molecule has 2 aliphatic heterocycles. The minimum Gasteiger partial charge on any atom is -0.381 e. The van der Waals surface area contributed by atoms with Gasteiger partial charge in [0.1, 0.15) is 0 Å². The Balaban J connectivity index is 1.98. The van der Waals surface area contributed by atoms with Gasteiger partial charge in [0.25, 0.3) is 0 Å². The smallest absolute Gasteiger partial charge is 0.0535 e. The third-order valence-corrected chi connectivity index (χ3v) is 3.62. The summed E-state index contributed by atoms with van der Waals surface area (Å²) >= 11 is 2.42. The first-order valence-corrected chi connectivity index (χ1v) is 5.26.